The van der Waals surface area contributed by atoms with Gasteiger partial charge in [0.2, 0.25) is 0 Å². The Balaban J connectivity index is 0.000000538. The monoisotopic (exact) mass is 491 g/mol. The second-order valence-corrected chi connectivity index (χ2v) is 8.58. The fourth-order valence-electron chi connectivity index (χ4n) is 4.33. The van der Waals surface area contributed by atoms with Crippen molar-refractivity contribution in [3.05, 3.63) is 102 Å². The van der Waals surface area contributed by atoms with Gasteiger partial charge in [-0.2, -0.15) is 0 Å². The van der Waals surface area contributed by atoms with Crippen molar-refractivity contribution in [1.82, 2.24) is 4.90 Å². The van der Waals surface area contributed by atoms with Crippen LogP contribution in [-0.4, -0.2) is 60.4 Å². The van der Waals surface area contributed by atoms with Crippen LogP contribution in [-0.2, 0) is 14.3 Å². The van der Waals surface area contributed by atoms with E-state index in [2.05, 4.69) is 83.8 Å². The summed E-state index contributed by atoms with van der Waals surface area (Å²) in [4.78, 5) is 20.7. The summed E-state index contributed by atoms with van der Waals surface area (Å²) in [7, 11) is 1.74. The van der Waals surface area contributed by atoms with Crippen molar-refractivity contribution in [2.24, 2.45) is 0 Å². The minimum atomic E-state index is -1.82. The Labute approximate surface area is 211 Å². The third kappa shape index (κ3) is 8.22. The van der Waals surface area contributed by atoms with Gasteiger partial charge in [0.15, 0.2) is 0 Å². The molecule has 0 aliphatic carbocycles. The SMILES string of the molecule is COc1cccc(C2CCN(CCOC(c3ccccc3)c3ccccc3)CC2)c1.O=C(O)C(=O)O. The maximum Gasteiger partial charge on any atom is 0.414 e. The van der Waals surface area contributed by atoms with Crippen molar-refractivity contribution in [3.63, 3.8) is 0 Å². The Morgan fingerprint density at radius 1 is 0.861 bits per heavy atom. The molecular weight excluding hydrogens is 458 g/mol. The van der Waals surface area contributed by atoms with E-state index in [0.717, 1.165) is 32.0 Å². The van der Waals surface area contributed by atoms with E-state index >= 15 is 0 Å². The highest BCUT2D eigenvalue weighted by Crippen LogP contribution is 2.30. The van der Waals surface area contributed by atoms with Crippen molar-refractivity contribution >= 4 is 11.9 Å². The number of carboxylic acids is 2. The van der Waals surface area contributed by atoms with Gasteiger partial charge in [-0.3, -0.25) is 0 Å². The average Bonchev–Trinajstić information content (AvgIpc) is 2.93. The lowest BCUT2D eigenvalue weighted by Gasteiger charge is -2.32. The van der Waals surface area contributed by atoms with Crippen molar-refractivity contribution in [2.75, 3.05) is 33.4 Å². The molecule has 0 amide bonds. The Hall–Kier alpha value is -3.68. The lowest BCUT2D eigenvalue weighted by molar-refractivity contribution is -0.159. The Morgan fingerprint density at radius 2 is 1.42 bits per heavy atom. The second-order valence-electron chi connectivity index (χ2n) is 8.58. The van der Waals surface area contributed by atoms with Gasteiger partial charge >= 0.3 is 11.9 Å². The minimum absolute atomic E-state index is 0.0123. The third-order valence-corrected chi connectivity index (χ3v) is 6.23. The Morgan fingerprint density at radius 3 is 1.92 bits per heavy atom. The first-order chi connectivity index (χ1) is 17.5. The first-order valence-corrected chi connectivity index (χ1v) is 12.0. The summed E-state index contributed by atoms with van der Waals surface area (Å²) in [5.41, 5.74) is 3.82. The summed E-state index contributed by atoms with van der Waals surface area (Å²) in [5.74, 6) is -2.07. The molecule has 7 nitrogen and oxygen atoms in total. The molecule has 3 aromatic rings. The van der Waals surface area contributed by atoms with Crippen LogP contribution in [0, 0.1) is 0 Å². The molecule has 1 heterocycles. The van der Waals surface area contributed by atoms with E-state index in [9.17, 15) is 0 Å². The molecule has 1 aliphatic rings. The lowest BCUT2D eigenvalue weighted by atomic mass is 9.89. The van der Waals surface area contributed by atoms with Gasteiger partial charge in [-0.15, -0.1) is 0 Å². The maximum atomic E-state index is 9.10. The fraction of sp³-hybridized carbons (Fsp3) is 0.310. The van der Waals surface area contributed by atoms with E-state index in [1.54, 1.807) is 7.11 Å². The minimum Gasteiger partial charge on any atom is -0.497 e. The van der Waals surface area contributed by atoms with Gasteiger partial charge in [0, 0.05) is 6.54 Å². The van der Waals surface area contributed by atoms with Crippen molar-refractivity contribution < 1.29 is 29.3 Å². The predicted octanol–water partition coefficient (Wildman–Crippen LogP) is 4.84. The lowest BCUT2D eigenvalue weighted by Crippen LogP contribution is -2.35. The molecule has 2 N–H and O–H groups in total. The predicted molar refractivity (Wildman–Crippen MR) is 137 cm³/mol. The molecule has 0 bridgehead atoms. The van der Waals surface area contributed by atoms with Crippen LogP contribution in [0.25, 0.3) is 0 Å². The van der Waals surface area contributed by atoms with Gasteiger partial charge in [0.25, 0.3) is 0 Å². The highest BCUT2D eigenvalue weighted by atomic mass is 16.5. The van der Waals surface area contributed by atoms with E-state index in [1.165, 1.54) is 29.5 Å². The van der Waals surface area contributed by atoms with E-state index in [4.69, 9.17) is 29.3 Å². The zero-order valence-corrected chi connectivity index (χ0v) is 20.5. The molecule has 0 unspecified atom stereocenters. The van der Waals surface area contributed by atoms with Crippen LogP contribution >= 0.6 is 0 Å². The summed E-state index contributed by atoms with van der Waals surface area (Å²) in [6.07, 6.45) is 2.36. The number of carbonyl (C=O) groups is 2. The van der Waals surface area contributed by atoms with Gasteiger partial charge < -0.3 is 24.6 Å². The molecule has 36 heavy (non-hydrogen) atoms. The molecular formula is C29H33NO6. The van der Waals surface area contributed by atoms with Crippen LogP contribution in [0.1, 0.15) is 41.6 Å². The summed E-state index contributed by atoms with van der Waals surface area (Å²) >= 11 is 0. The van der Waals surface area contributed by atoms with Gasteiger partial charge in [-0.05, 0) is 60.7 Å². The van der Waals surface area contributed by atoms with E-state index in [0.29, 0.717) is 5.92 Å². The maximum absolute atomic E-state index is 9.10. The summed E-state index contributed by atoms with van der Waals surface area (Å²) < 4.78 is 11.8. The van der Waals surface area contributed by atoms with E-state index in [-0.39, 0.29) is 6.10 Å². The molecule has 1 saturated heterocycles. The van der Waals surface area contributed by atoms with Crippen LogP contribution in [0.2, 0.25) is 0 Å². The largest absolute Gasteiger partial charge is 0.497 e. The van der Waals surface area contributed by atoms with Crippen molar-refractivity contribution in [3.8, 4) is 5.75 Å². The molecule has 7 heteroatoms. The standard InChI is InChI=1S/C27H31NO2.C2H2O4/c1-29-26-14-8-13-25(21-26)22-15-17-28(18-16-22)19-20-30-27(23-9-4-2-5-10-23)24-11-6-3-7-12-24;3-1(4)2(5)6/h2-14,21-22,27H,15-20H2,1H3;(H,3,4)(H,5,6). The Bertz CT molecular complexity index is 1030. The van der Waals surface area contributed by atoms with Crippen LogP contribution in [0.5, 0.6) is 5.75 Å². The van der Waals surface area contributed by atoms with Gasteiger partial charge in [0.1, 0.15) is 11.9 Å². The number of aliphatic carboxylic acids is 2. The van der Waals surface area contributed by atoms with E-state index in [1.807, 2.05) is 6.07 Å². The number of methoxy groups -OCH3 is 1. The van der Waals surface area contributed by atoms with Gasteiger partial charge in [-0.25, -0.2) is 9.59 Å². The molecule has 0 saturated carbocycles. The van der Waals surface area contributed by atoms with Crippen molar-refractivity contribution in [1.29, 1.82) is 0 Å². The number of hydrogen-bond donors (Lipinski definition) is 2. The fourth-order valence-corrected chi connectivity index (χ4v) is 4.33. The average molecular weight is 492 g/mol. The quantitative estimate of drug-likeness (QED) is 0.436. The second kappa shape index (κ2) is 14.0. The van der Waals surface area contributed by atoms with Crippen molar-refractivity contribution in [2.45, 2.75) is 24.9 Å². The zero-order chi connectivity index (χ0) is 25.8. The first-order valence-electron chi connectivity index (χ1n) is 12.0. The highest BCUT2D eigenvalue weighted by molar-refractivity contribution is 6.27. The number of carboxylic acid groups (broad SMARTS) is 2. The number of rotatable bonds is 8. The van der Waals surface area contributed by atoms with Crippen LogP contribution in [0.15, 0.2) is 84.9 Å². The van der Waals surface area contributed by atoms with Crippen LogP contribution < -0.4 is 4.74 Å². The number of piperidine rings is 1. The Kier molecular flexibility index (Phi) is 10.5. The van der Waals surface area contributed by atoms with E-state index < -0.39 is 11.9 Å². The molecule has 0 spiro atoms. The normalized spacial score (nSPS) is 14.1. The van der Waals surface area contributed by atoms with Crippen LogP contribution in [0.4, 0.5) is 0 Å². The molecule has 0 radical (unpaired) electrons. The molecule has 3 aromatic carbocycles. The highest BCUT2D eigenvalue weighted by Gasteiger charge is 2.21. The van der Waals surface area contributed by atoms with Crippen LogP contribution in [0.3, 0.4) is 0 Å². The molecule has 0 atom stereocenters. The molecule has 1 fully saturated rings. The molecule has 190 valence electrons. The molecule has 0 aromatic heterocycles. The molecule has 1 aliphatic heterocycles. The number of nitrogens with zero attached hydrogens (tertiary/aromatic N) is 1. The van der Waals surface area contributed by atoms with Gasteiger partial charge in [-0.1, -0.05) is 72.8 Å². The first kappa shape index (κ1) is 26.9. The number of hydrogen-bond acceptors (Lipinski definition) is 5. The number of likely N-dealkylation sites (tertiary alicyclic amines) is 1. The molecule has 4 rings (SSSR count). The summed E-state index contributed by atoms with van der Waals surface area (Å²) in [5, 5.41) is 14.8. The summed E-state index contributed by atoms with van der Waals surface area (Å²) in [6, 6.07) is 29.6. The zero-order valence-electron chi connectivity index (χ0n) is 20.5. The smallest absolute Gasteiger partial charge is 0.414 e. The summed E-state index contributed by atoms with van der Waals surface area (Å²) in [6.45, 7) is 3.94. The topological polar surface area (TPSA) is 96.3 Å². The number of ether oxygens (including phenoxy) is 2. The van der Waals surface area contributed by atoms with Gasteiger partial charge in [0.05, 0.1) is 13.7 Å². The third-order valence-electron chi connectivity index (χ3n) is 6.23. The number of benzene rings is 3.